The monoisotopic (exact) mass is 608 g/mol. The van der Waals surface area contributed by atoms with Crippen molar-refractivity contribution in [3.05, 3.63) is 131 Å². The molecule has 2 atom stereocenters. The van der Waals surface area contributed by atoms with Crippen molar-refractivity contribution in [2.45, 2.75) is 21.1 Å². The molecule has 0 nitrogen and oxygen atoms in total. The Labute approximate surface area is 245 Å². The number of allylic oxidation sites excluding steroid dienone is 2. The van der Waals surface area contributed by atoms with E-state index in [4.69, 9.17) is 0 Å². The summed E-state index contributed by atoms with van der Waals surface area (Å²) in [4.78, 5) is 0. The van der Waals surface area contributed by atoms with Gasteiger partial charge >= 0.3 is 222 Å². The largest absolute Gasteiger partial charge is 1.00 e. The molecule has 0 aliphatic heterocycles. The van der Waals surface area contributed by atoms with Gasteiger partial charge in [-0.3, -0.25) is 0 Å². The Morgan fingerprint density at radius 3 is 1.84 bits per heavy atom. The molecule has 0 aromatic heterocycles. The second-order valence-electron chi connectivity index (χ2n) is 10.2. The van der Waals surface area contributed by atoms with Gasteiger partial charge in [0.25, 0.3) is 0 Å². The Kier molecular flexibility index (Phi) is 7.75. The van der Waals surface area contributed by atoms with E-state index in [2.05, 4.69) is 135 Å². The first-order valence-electron chi connectivity index (χ1n) is 12.9. The molecule has 0 saturated heterocycles. The van der Waals surface area contributed by atoms with E-state index in [9.17, 15) is 0 Å². The van der Waals surface area contributed by atoms with Gasteiger partial charge in [0.15, 0.2) is 0 Å². The first kappa shape index (κ1) is 27.0. The minimum atomic E-state index is -2.21. The zero-order valence-electron chi connectivity index (χ0n) is 21.5. The van der Waals surface area contributed by atoms with Crippen molar-refractivity contribution in [2.75, 3.05) is 0 Å². The second-order valence-corrected chi connectivity index (χ2v) is 18.0. The molecule has 7 rings (SSSR count). The van der Waals surface area contributed by atoms with E-state index in [1.807, 2.05) is 0 Å². The number of hydrogen-bond donors (Lipinski definition) is 0. The Bertz CT molecular complexity index is 1760. The van der Waals surface area contributed by atoms with Gasteiger partial charge in [-0.2, -0.15) is 0 Å². The van der Waals surface area contributed by atoms with Crippen molar-refractivity contribution >= 4 is 36.9 Å². The van der Waals surface area contributed by atoms with Crippen LogP contribution in [0.25, 0.3) is 44.8 Å². The maximum absolute atomic E-state index is 2.57. The zero-order valence-corrected chi connectivity index (χ0v) is 25.4. The molecule has 0 saturated carbocycles. The molecule has 0 N–H and O–H groups in total. The SMILES string of the molecule is C[C](C)=[Zr+2]([CH]1C=Cc2c(-c3ccccc3)cccc21)[CH]1C=Cc2c1c1ccccc1c1ccccc21.[Cl-].[Cl-]. The van der Waals surface area contributed by atoms with Crippen LogP contribution in [-0.2, 0) is 21.3 Å². The second kappa shape index (κ2) is 10.9. The van der Waals surface area contributed by atoms with Gasteiger partial charge in [0, 0.05) is 0 Å². The normalized spacial score (nSPS) is 16.3. The van der Waals surface area contributed by atoms with Crippen LogP contribution in [0.1, 0.15) is 43.4 Å². The van der Waals surface area contributed by atoms with Crippen LogP contribution in [0.15, 0.2) is 109 Å². The third-order valence-electron chi connectivity index (χ3n) is 8.04. The van der Waals surface area contributed by atoms with Crippen molar-refractivity contribution in [1.29, 1.82) is 0 Å². The van der Waals surface area contributed by atoms with Gasteiger partial charge in [0.2, 0.25) is 0 Å². The number of hydrogen-bond acceptors (Lipinski definition) is 0. The zero-order chi connectivity index (χ0) is 24.2. The first-order valence-corrected chi connectivity index (χ1v) is 16.9. The Hall–Kier alpha value is -2.57. The molecule has 0 radical (unpaired) electrons. The van der Waals surface area contributed by atoms with Gasteiger partial charge in [0.1, 0.15) is 0 Å². The molecule has 0 spiro atoms. The Balaban J connectivity index is 0.00000147. The van der Waals surface area contributed by atoms with Crippen LogP contribution in [0.3, 0.4) is 0 Å². The van der Waals surface area contributed by atoms with E-state index < -0.39 is 21.3 Å². The van der Waals surface area contributed by atoms with Crippen LogP contribution in [0.2, 0.25) is 0 Å². The molecule has 2 aliphatic rings. The third kappa shape index (κ3) is 4.21. The predicted molar refractivity (Wildman–Crippen MR) is 153 cm³/mol. The van der Waals surface area contributed by atoms with Crippen LogP contribution in [-0.4, -0.2) is 3.21 Å². The predicted octanol–water partition coefficient (Wildman–Crippen LogP) is 3.33. The summed E-state index contributed by atoms with van der Waals surface area (Å²) in [6.45, 7) is 4.83. The van der Waals surface area contributed by atoms with Crippen molar-refractivity contribution in [1.82, 2.24) is 0 Å². The number of benzene rings is 5. The van der Waals surface area contributed by atoms with E-state index in [-0.39, 0.29) is 24.8 Å². The average Bonchev–Trinajstić information content (AvgIpc) is 3.55. The molecule has 0 amide bonds. The molecule has 0 heterocycles. The summed E-state index contributed by atoms with van der Waals surface area (Å²) in [5.41, 5.74) is 8.68. The first-order chi connectivity index (χ1) is 17.7. The van der Waals surface area contributed by atoms with Gasteiger partial charge < -0.3 is 24.8 Å². The van der Waals surface area contributed by atoms with Crippen molar-refractivity contribution < 1.29 is 46.1 Å². The van der Waals surface area contributed by atoms with Crippen molar-refractivity contribution in [3.8, 4) is 11.1 Å². The summed E-state index contributed by atoms with van der Waals surface area (Å²) in [6.07, 6.45) is 9.98. The average molecular weight is 611 g/mol. The molecular weight excluding hydrogens is 583 g/mol. The standard InChI is InChI=1S/C17H11.C15H11.C3H6.2ClH.Zr/c1-3-8-14-12(6-1)13-7-2-4-9-15(13)17-11-5-10-16(14)17;1-2-6-12(7-3-1)14-10-4-8-13-9-5-11-15(13)14;1-3-2;;;/h1-11H;1-11H;1-2H3;2*1H;/q;;;;;+2/p-2. The third-order valence-corrected chi connectivity index (χ3v) is 16.6. The van der Waals surface area contributed by atoms with Crippen LogP contribution < -0.4 is 24.8 Å². The smallest absolute Gasteiger partial charge is 1.00 e. The fourth-order valence-electron chi connectivity index (χ4n) is 6.55. The van der Waals surface area contributed by atoms with Gasteiger partial charge in [-0.05, 0) is 0 Å². The molecule has 0 fully saturated rings. The minimum absolute atomic E-state index is 0. The van der Waals surface area contributed by atoms with Crippen molar-refractivity contribution in [2.24, 2.45) is 0 Å². The molecule has 0 bridgehead atoms. The van der Waals surface area contributed by atoms with Gasteiger partial charge in [-0.25, -0.2) is 0 Å². The van der Waals surface area contributed by atoms with Crippen LogP contribution in [0.4, 0.5) is 0 Å². The van der Waals surface area contributed by atoms with E-state index in [0.717, 1.165) is 0 Å². The number of fused-ring (bicyclic) bond motifs is 7. The summed E-state index contributed by atoms with van der Waals surface area (Å²) in [6, 6.07) is 35.9. The van der Waals surface area contributed by atoms with Crippen molar-refractivity contribution in [3.63, 3.8) is 0 Å². The number of rotatable bonds is 3. The maximum Gasteiger partial charge on any atom is -1.00 e. The molecule has 5 aromatic rings. The summed E-state index contributed by atoms with van der Waals surface area (Å²) < 4.78 is 2.79. The fraction of sp³-hybridized carbons (Fsp3) is 0.114. The Morgan fingerprint density at radius 1 is 0.553 bits per heavy atom. The van der Waals surface area contributed by atoms with E-state index in [1.165, 1.54) is 43.8 Å². The molecular formula is C35H28Cl2Zr. The molecule has 2 aliphatic carbocycles. The molecule has 5 aromatic carbocycles. The molecule has 3 heteroatoms. The Morgan fingerprint density at radius 2 is 1.13 bits per heavy atom. The minimum Gasteiger partial charge on any atom is -1.00 e. The fourth-order valence-corrected chi connectivity index (χ4v) is 15.0. The summed E-state index contributed by atoms with van der Waals surface area (Å²) in [7, 11) is 0. The van der Waals surface area contributed by atoms with Gasteiger partial charge in [-0.15, -0.1) is 0 Å². The quantitative estimate of drug-likeness (QED) is 0.275. The molecule has 186 valence electrons. The van der Waals surface area contributed by atoms with Crippen LogP contribution >= 0.6 is 0 Å². The molecule has 2 unspecified atom stereocenters. The van der Waals surface area contributed by atoms with Gasteiger partial charge in [-0.1, -0.05) is 0 Å². The summed E-state index contributed by atoms with van der Waals surface area (Å²) >= 11 is -2.21. The van der Waals surface area contributed by atoms with Gasteiger partial charge in [0.05, 0.1) is 0 Å². The van der Waals surface area contributed by atoms with Crippen LogP contribution in [0.5, 0.6) is 0 Å². The topological polar surface area (TPSA) is 0 Å². The van der Waals surface area contributed by atoms with E-state index in [0.29, 0.717) is 7.25 Å². The van der Waals surface area contributed by atoms with E-state index in [1.54, 1.807) is 14.3 Å². The number of halogens is 2. The summed E-state index contributed by atoms with van der Waals surface area (Å²) in [5, 5.41) is 5.61. The summed E-state index contributed by atoms with van der Waals surface area (Å²) in [5.74, 6) is 0. The van der Waals surface area contributed by atoms with Crippen LogP contribution in [0, 0.1) is 0 Å². The molecule has 38 heavy (non-hydrogen) atoms. The van der Waals surface area contributed by atoms with E-state index >= 15 is 0 Å². The maximum atomic E-state index is 2.57.